The van der Waals surface area contributed by atoms with Crippen LogP contribution in [0, 0.1) is 0 Å². The summed E-state index contributed by atoms with van der Waals surface area (Å²) in [5.41, 5.74) is -2.10. The molecule has 1 aliphatic rings. The molecule has 0 aromatic carbocycles. The average molecular weight is 581 g/mol. The number of carboxylic acids is 1. The van der Waals surface area contributed by atoms with Gasteiger partial charge >= 0.3 is 12.1 Å². The predicted molar refractivity (Wildman–Crippen MR) is 132 cm³/mol. The molecule has 0 aromatic rings. The smallest absolute Gasteiger partial charge is 0.407 e. The molecule has 1 aliphatic carbocycles. The number of alkyl carbamates (subject to hydrolysis) is 1. The Morgan fingerprint density at radius 1 is 0.971 bits per heavy atom. The average Bonchev–Trinajstić information content (AvgIpc) is 2.72. The van der Waals surface area contributed by atoms with Gasteiger partial charge in [0.05, 0.1) is 20.1 Å². The van der Waals surface area contributed by atoms with E-state index in [2.05, 4.69) is 5.32 Å². The van der Waals surface area contributed by atoms with Crippen molar-refractivity contribution in [1.82, 2.24) is 5.32 Å². The third-order valence-corrected chi connectivity index (χ3v) is 7.46. The fourth-order valence-electron chi connectivity index (χ4n) is 3.20. The third-order valence-electron chi connectivity index (χ3n) is 4.80. The van der Waals surface area contributed by atoms with E-state index >= 15 is 0 Å². The number of alkyl halides is 1. The summed E-state index contributed by atoms with van der Waals surface area (Å²) in [6.07, 6.45) is 2.02. The standard InChI is InChI=1S/C22H30Cl5NO6/c1-21(2,3)34-20(32)28-12-7-5-4-6-11-22(33-14(31)10-8-9-13(29)30)18(26)16(24)15(23)17(25)19(22)27/h18H,4-12H2,1-3H3,(H,28,32)(H,29,30)/p-1. The fourth-order valence-corrected chi connectivity index (χ4v) is 4.85. The Morgan fingerprint density at radius 3 is 2.18 bits per heavy atom. The topological polar surface area (TPSA) is 105 Å². The Labute approximate surface area is 225 Å². The summed E-state index contributed by atoms with van der Waals surface area (Å²) in [5, 5.41) is 12.1. The predicted octanol–water partition coefficient (Wildman–Crippen LogP) is 5.66. The van der Waals surface area contributed by atoms with Gasteiger partial charge in [0.25, 0.3) is 0 Å². The number of carbonyl (C=O) groups is 3. The summed E-state index contributed by atoms with van der Waals surface area (Å²) in [7, 11) is 0. The summed E-state index contributed by atoms with van der Waals surface area (Å²) >= 11 is 31.6. The highest BCUT2D eigenvalue weighted by molar-refractivity contribution is 6.53. The molecule has 0 fully saturated rings. The van der Waals surface area contributed by atoms with E-state index in [1.54, 1.807) is 20.8 Å². The fraction of sp³-hybridized carbons (Fsp3) is 0.682. The molecule has 0 saturated heterocycles. The lowest BCUT2D eigenvalue weighted by Gasteiger charge is -2.40. The van der Waals surface area contributed by atoms with Gasteiger partial charge in [0.2, 0.25) is 0 Å². The van der Waals surface area contributed by atoms with Crippen LogP contribution >= 0.6 is 58.0 Å². The number of unbranched alkanes of at least 4 members (excludes halogenated alkanes) is 3. The van der Waals surface area contributed by atoms with Gasteiger partial charge in [-0.05, 0) is 52.9 Å². The van der Waals surface area contributed by atoms with Crippen molar-refractivity contribution in [1.29, 1.82) is 0 Å². The summed E-state index contributed by atoms with van der Waals surface area (Å²) < 4.78 is 10.9. The number of carboxylic acid groups (broad SMARTS) is 1. The molecule has 2 atom stereocenters. The highest BCUT2D eigenvalue weighted by Crippen LogP contribution is 2.50. The van der Waals surface area contributed by atoms with E-state index in [1.165, 1.54) is 0 Å². The van der Waals surface area contributed by atoms with Crippen molar-refractivity contribution >= 4 is 76.0 Å². The summed E-state index contributed by atoms with van der Waals surface area (Å²) in [5.74, 6) is -1.96. The lowest BCUT2D eigenvalue weighted by Crippen LogP contribution is -2.47. The second-order valence-corrected chi connectivity index (χ2v) is 10.8. The van der Waals surface area contributed by atoms with Crippen LogP contribution in [-0.4, -0.2) is 41.2 Å². The molecule has 0 radical (unpaired) electrons. The number of hydrogen-bond acceptors (Lipinski definition) is 6. The van der Waals surface area contributed by atoms with Crippen molar-refractivity contribution in [3.05, 3.63) is 20.1 Å². The maximum atomic E-state index is 12.5. The van der Waals surface area contributed by atoms with Crippen LogP contribution in [0.4, 0.5) is 4.79 Å². The second kappa shape index (κ2) is 14.0. The largest absolute Gasteiger partial charge is 0.550 e. The van der Waals surface area contributed by atoms with Gasteiger partial charge in [0.1, 0.15) is 11.0 Å². The van der Waals surface area contributed by atoms with E-state index in [1.807, 2.05) is 0 Å². The molecule has 0 spiro atoms. The zero-order valence-electron chi connectivity index (χ0n) is 19.3. The van der Waals surface area contributed by atoms with Crippen molar-refractivity contribution in [2.24, 2.45) is 0 Å². The van der Waals surface area contributed by atoms with Crippen molar-refractivity contribution in [2.45, 2.75) is 88.7 Å². The first-order valence-corrected chi connectivity index (χ1v) is 12.8. The minimum atomic E-state index is -1.54. The minimum Gasteiger partial charge on any atom is -0.550 e. The Kier molecular flexibility index (Phi) is 12.9. The van der Waals surface area contributed by atoms with E-state index in [4.69, 9.17) is 67.5 Å². The molecule has 34 heavy (non-hydrogen) atoms. The van der Waals surface area contributed by atoms with Gasteiger partial charge in [-0.15, -0.1) is 11.6 Å². The number of esters is 1. The first kappa shape index (κ1) is 31.2. The van der Waals surface area contributed by atoms with E-state index in [9.17, 15) is 19.5 Å². The Morgan fingerprint density at radius 2 is 1.59 bits per heavy atom. The first-order chi connectivity index (χ1) is 15.7. The molecule has 0 heterocycles. The number of rotatable bonds is 12. The van der Waals surface area contributed by atoms with Crippen LogP contribution in [0.25, 0.3) is 0 Å². The van der Waals surface area contributed by atoms with Gasteiger partial charge < -0.3 is 24.7 Å². The van der Waals surface area contributed by atoms with E-state index in [0.29, 0.717) is 25.8 Å². The van der Waals surface area contributed by atoms with Crippen LogP contribution in [-0.2, 0) is 19.1 Å². The molecular weight excluding hydrogens is 552 g/mol. The van der Waals surface area contributed by atoms with Crippen molar-refractivity contribution in [2.75, 3.05) is 6.54 Å². The van der Waals surface area contributed by atoms with E-state index in [0.717, 1.165) is 6.42 Å². The number of amides is 1. The number of allylic oxidation sites excluding steroid dienone is 2. The van der Waals surface area contributed by atoms with Gasteiger partial charge in [-0.25, -0.2) is 4.79 Å². The van der Waals surface area contributed by atoms with Crippen LogP contribution < -0.4 is 10.4 Å². The van der Waals surface area contributed by atoms with Crippen LogP contribution in [0.15, 0.2) is 20.1 Å². The minimum absolute atomic E-state index is 0.00169. The van der Waals surface area contributed by atoms with Gasteiger partial charge in [-0.3, -0.25) is 4.79 Å². The molecular formula is C22H29Cl5NO6-. The lowest BCUT2D eigenvalue weighted by atomic mass is 9.87. The molecule has 0 aliphatic heterocycles. The summed E-state index contributed by atoms with van der Waals surface area (Å²) in [6, 6.07) is 0. The molecule has 7 nitrogen and oxygen atoms in total. The van der Waals surface area contributed by atoms with Crippen LogP contribution in [0.1, 0.15) is 72.1 Å². The number of carbonyl (C=O) groups excluding carboxylic acids is 3. The molecule has 0 bridgehead atoms. The first-order valence-electron chi connectivity index (χ1n) is 10.8. The second-order valence-electron chi connectivity index (χ2n) is 8.83. The van der Waals surface area contributed by atoms with E-state index in [-0.39, 0.29) is 45.8 Å². The van der Waals surface area contributed by atoms with Gasteiger partial charge in [-0.2, -0.15) is 0 Å². The van der Waals surface area contributed by atoms with Crippen molar-refractivity contribution in [3.63, 3.8) is 0 Å². The number of hydrogen-bond donors (Lipinski definition) is 1. The van der Waals surface area contributed by atoms with Gasteiger partial charge in [0, 0.05) is 18.9 Å². The van der Waals surface area contributed by atoms with Gasteiger partial charge in [-0.1, -0.05) is 59.2 Å². The molecule has 2 unspecified atom stereocenters. The number of aliphatic carboxylic acids is 1. The van der Waals surface area contributed by atoms with E-state index < -0.39 is 34.6 Å². The maximum Gasteiger partial charge on any atom is 0.407 e. The zero-order valence-corrected chi connectivity index (χ0v) is 23.1. The maximum absolute atomic E-state index is 12.5. The Hall–Kier alpha value is -0.860. The molecule has 1 amide bonds. The molecule has 1 N–H and O–H groups in total. The van der Waals surface area contributed by atoms with Crippen LogP contribution in [0.2, 0.25) is 0 Å². The van der Waals surface area contributed by atoms with Crippen molar-refractivity contribution < 1.29 is 29.0 Å². The molecule has 12 heteroatoms. The Bertz CT molecular complexity index is 823. The van der Waals surface area contributed by atoms with Crippen LogP contribution in [0.5, 0.6) is 0 Å². The molecule has 1 rings (SSSR count). The highest BCUT2D eigenvalue weighted by Gasteiger charge is 2.50. The molecule has 0 aromatic heterocycles. The number of halogens is 5. The summed E-state index contributed by atoms with van der Waals surface area (Å²) in [6.45, 7) is 5.81. The molecule has 194 valence electrons. The molecule has 0 saturated carbocycles. The Balaban J connectivity index is 2.73. The van der Waals surface area contributed by atoms with Crippen LogP contribution in [0.3, 0.4) is 0 Å². The normalized spacial score (nSPS) is 20.9. The quantitative estimate of drug-likeness (QED) is 0.181. The highest BCUT2D eigenvalue weighted by atomic mass is 35.5. The SMILES string of the molecule is CC(C)(C)OC(=O)NCCCCCCC1(OC(=O)CCCC(=O)[O-])C(Cl)=C(Cl)C(Cl)=C(Cl)C1Cl. The van der Waals surface area contributed by atoms with Gasteiger partial charge in [0.15, 0.2) is 5.60 Å². The van der Waals surface area contributed by atoms with Crippen molar-refractivity contribution in [3.8, 4) is 0 Å². The lowest BCUT2D eigenvalue weighted by molar-refractivity contribution is -0.305. The zero-order chi connectivity index (χ0) is 26.1. The third kappa shape index (κ3) is 9.65. The number of ether oxygens (including phenoxy) is 2. The summed E-state index contributed by atoms with van der Waals surface area (Å²) in [4.78, 5) is 34.7. The number of nitrogens with one attached hydrogen (secondary N) is 1. The monoisotopic (exact) mass is 578 g/mol.